The number of hydrogen-bond donors (Lipinski definition) is 0. The largest absolute Gasteiger partial charge is 0.309 e. The number of carbonyl (C=O) groups is 1. The van der Waals surface area contributed by atoms with Crippen LogP contribution in [0.2, 0.25) is 0 Å². The molecule has 4 nitrogen and oxygen atoms in total. The number of benzene rings is 2. The van der Waals surface area contributed by atoms with Crippen LogP contribution in [0.25, 0.3) is 17.0 Å². The van der Waals surface area contributed by atoms with Gasteiger partial charge in [-0.05, 0) is 66.8 Å². The van der Waals surface area contributed by atoms with E-state index in [0.29, 0.717) is 11.5 Å². The van der Waals surface area contributed by atoms with Gasteiger partial charge in [-0.3, -0.25) is 9.48 Å². The van der Waals surface area contributed by atoms with Crippen LogP contribution in [0.4, 0.5) is 13.6 Å². The van der Waals surface area contributed by atoms with Crippen molar-refractivity contribution in [3.8, 4) is 0 Å². The summed E-state index contributed by atoms with van der Waals surface area (Å²) >= 11 is 1.12. The average molecular weight is 486 g/mol. The Labute approximate surface area is 198 Å². The van der Waals surface area contributed by atoms with E-state index in [-0.39, 0.29) is 16.8 Å². The Morgan fingerprint density at radius 2 is 1.94 bits per heavy atom. The van der Waals surface area contributed by atoms with Crippen LogP contribution in [0.3, 0.4) is 0 Å². The van der Waals surface area contributed by atoms with E-state index in [0.717, 1.165) is 51.7 Å². The molecule has 1 saturated carbocycles. The van der Waals surface area contributed by atoms with Crippen molar-refractivity contribution in [2.45, 2.75) is 45.3 Å². The number of thioether (sulfide) groups is 1. The number of aliphatic imine (C=N–C) groups is 1. The molecule has 172 valence electrons. The summed E-state index contributed by atoms with van der Waals surface area (Å²) in [7, 11) is 1.66. The maximum Gasteiger partial charge on any atom is 0.309 e. The molecule has 1 fully saturated rings. The number of fused-ring (bicyclic) bond motifs is 1. The predicted molar refractivity (Wildman–Crippen MR) is 136 cm³/mol. The van der Waals surface area contributed by atoms with Gasteiger partial charge < -0.3 is 0 Å². The molecule has 8 heteroatoms. The molecule has 1 aromatic heterocycles. The minimum absolute atomic E-state index is 0.0274. The molecule has 1 aliphatic carbocycles. The molecule has 0 spiro atoms. The Kier molecular flexibility index (Phi) is 6.83. The smallest absolute Gasteiger partial charge is 0.264 e. The Bertz CT molecular complexity index is 1260. The van der Waals surface area contributed by atoms with E-state index in [4.69, 9.17) is 5.10 Å². The second-order valence-electron chi connectivity index (χ2n) is 7.99. The first-order valence-corrected chi connectivity index (χ1v) is 12.4. The number of alkyl halides is 2. The summed E-state index contributed by atoms with van der Waals surface area (Å²) in [4.78, 5) is 16.3. The van der Waals surface area contributed by atoms with Crippen molar-refractivity contribution in [3.05, 3.63) is 70.3 Å². The third-order valence-electron chi connectivity index (χ3n) is 5.65. The highest BCUT2D eigenvalue weighted by Crippen LogP contribution is 2.48. The van der Waals surface area contributed by atoms with Crippen molar-refractivity contribution in [2.75, 3.05) is 0 Å². The molecule has 1 aliphatic heterocycles. The van der Waals surface area contributed by atoms with Gasteiger partial charge in [0.2, 0.25) is 0 Å². The summed E-state index contributed by atoms with van der Waals surface area (Å²) in [5.74, 6) is 0.296. The van der Waals surface area contributed by atoms with Crippen LogP contribution in [-0.2, 0) is 5.66 Å². The molecule has 5 rings (SSSR count). The lowest BCUT2D eigenvalue weighted by atomic mass is 9.97. The molecule has 0 bridgehead atoms. The summed E-state index contributed by atoms with van der Waals surface area (Å²) in [5, 5.41) is 5.47. The molecular weight excluding hydrogens is 459 g/mol. The first kappa shape index (κ1) is 23.8. The Hall–Kier alpha value is -2.37. The van der Waals surface area contributed by atoms with Gasteiger partial charge in [0.05, 0.1) is 17.3 Å². The lowest BCUT2D eigenvalue weighted by Crippen LogP contribution is -2.18. The quantitative estimate of drug-likeness (QED) is 0.349. The zero-order chi connectivity index (χ0) is 23.8. The van der Waals surface area contributed by atoms with Crippen LogP contribution in [-0.4, -0.2) is 20.7 Å². The van der Waals surface area contributed by atoms with E-state index in [9.17, 15) is 13.6 Å². The van der Waals surface area contributed by atoms with Crippen LogP contribution in [0.1, 0.15) is 56.3 Å². The Balaban J connectivity index is 0.00000126. The first-order chi connectivity index (χ1) is 15.8. The SMILES string of the molecule is CC.CC1=NC(=O)S/C1=C\c1ccc2nn(C(c3ccccc3C(F)(F)P)C3CC3)cc2c1. The van der Waals surface area contributed by atoms with Crippen LogP contribution in [0.5, 0.6) is 0 Å². The van der Waals surface area contributed by atoms with Crippen molar-refractivity contribution in [1.29, 1.82) is 0 Å². The molecule has 2 heterocycles. The maximum atomic E-state index is 14.3. The molecule has 3 aromatic rings. The molecule has 0 N–H and O–H groups in total. The summed E-state index contributed by atoms with van der Waals surface area (Å²) in [6.07, 6.45) is 5.87. The number of amides is 1. The van der Waals surface area contributed by atoms with Gasteiger partial charge >= 0.3 is 5.24 Å². The highest BCUT2D eigenvalue weighted by atomic mass is 32.2. The van der Waals surface area contributed by atoms with Crippen molar-refractivity contribution < 1.29 is 13.6 Å². The van der Waals surface area contributed by atoms with Gasteiger partial charge in [-0.1, -0.05) is 53.4 Å². The monoisotopic (exact) mass is 485 g/mol. The third kappa shape index (κ3) is 5.10. The molecule has 0 radical (unpaired) electrons. The highest BCUT2D eigenvalue weighted by molar-refractivity contribution is 8.18. The van der Waals surface area contributed by atoms with Gasteiger partial charge in [0.1, 0.15) is 0 Å². The fourth-order valence-electron chi connectivity index (χ4n) is 4.05. The Morgan fingerprint density at radius 1 is 1.21 bits per heavy atom. The van der Waals surface area contributed by atoms with Crippen molar-refractivity contribution in [2.24, 2.45) is 10.9 Å². The van der Waals surface area contributed by atoms with Crippen LogP contribution in [0, 0.1) is 5.92 Å². The maximum absolute atomic E-state index is 14.3. The van der Waals surface area contributed by atoms with Crippen LogP contribution < -0.4 is 0 Å². The van der Waals surface area contributed by atoms with Crippen molar-refractivity contribution in [1.82, 2.24) is 9.78 Å². The van der Waals surface area contributed by atoms with E-state index in [1.54, 1.807) is 21.4 Å². The van der Waals surface area contributed by atoms with E-state index in [2.05, 4.69) is 4.99 Å². The van der Waals surface area contributed by atoms with Gasteiger partial charge in [0.25, 0.3) is 5.66 Å². The number of allylic oxidation sites excluding steroid dienone is 1. The van der Waals surface area contributed by atoms with Gasteiger partial charge in [-0.2, -0.15) is 13.9 Å². The summed E-state index contributed by atoms with van der Waals surface area (Å²) in [6, 6.07) is 12.4. The molecule has 2 aliphatic rings. The zero-order valence-corrected chi connectivity index (χ0v) is 20.7. The lowest BCUT2D eigenvalue weighted by Gasteiger charge is -2.23. The predicted octanol–water partition coefficient (Wildman–Crippen LogP) is 7.65. The zero-order valence-electron chi connectivity index (χ0n) is 18.8. The van der Waals surface area contributed by atoms with Gasteiger partial charge in [-0.25, -0.2) is 4.99 Å². The first-order valence-electron chi connectivity index (χ1n) is 11.0. The van der Waals surface area contributed by atoms with E-state index in [1.165, 1.54) is 6.07 Å². The summed E-state index contributed by atoms with van der Waals surface area (Å²) in [5.41, 5.74) is 0.120. The number of halogens is 2. The van der Waals surface area contributed by atoms with E-state index >= 15 is 0 Å². The minimum atomic E-state index is -2.99. The van der Waals surface area contributed by atoms with Crippen molar-refractivity contribution >= 4 is 48.9 Å². The fourth-order valence-corrected chi connectivity index (χ4v) is 5.07. The second-order valence-corrected chi connectivity index (χ2v) is 9.71. The topological polar surface area (TPSA) is 47.2 Å². The van der Waals surface area contributed by atoms with E-state index in [1.807, 2.05) is 62.0 Å². The van der Waals surface area contributed by atoms with Gasteiger partial charge in [0, 0.05) is 22.1 Å². The number of nitrogens with zero attached hydrogens (tertiary/aromatic N) is 3. The molecule has 33 heavy (non-hydrogen) atoms. The lowest BCUT2D eigenvalue weighted by molar-refractivity contribution is 0.102. The molecule has 0 saturated heterocycles. The Morgan fingerprint density at radius 3 is 2.58 bits per heavy atom. The molecule has 2 atom stereocenters. The highest BCUT2D eigenvalue weighted by Gasteiger charge is 2.39. The van der Waals surface area contributed by atoms with E-state index < -0.39 is 5.66 Å². The molecule has 2 aromatic carbocycles. The standard InChI is InChI=1S/C23H20F2N3OPS.C2H6/c1-13-20(31-22(29)26-13)11-14-6-9-19-16(10-14)12-28(27-19)21(15-7-8-15)17-4-2-3-5-18(17)23(24,25)30;1-2/h2-6,9-12,15,21H,7-8,30H2,1H3;1-2H3/b20-11-;. The molecule has 1 amide bonds. The molecular formula is C25H26F2N3OPS. The minimum Gasteiger partial charge on any atom is -0.264 e. The van der Waals surface area contributed by atoms with Crippen LogP contribution in [0.15, 0.2) is 58.6 Å². The van der Waals surface area contributed by atoms with Crippen LogP contribution >= 0.6 is 21.0 Å². The third-order valence-corrected chi connectivity index (χ3v) is 6.86. The number of hydrogen-bond acceptors (Lipinski definition) is 3. The van der Waals surface area contributed by atoms with Gasteiger partial charge in [0.15, 0.2) is 0 Å². The van der Waals surface area contributed by atoms with Gasteiger partial charge in [-0.15, -0.1) is 0 Å². The number of aromatic nitrogens is 2. The second kappa shape index (κ2) is 9.47. The fraction of sp³-hybridized carbons (Fsp3) is 0.320. The average Bonchev–Trinajstić information content (AvgIpc) is 3.44. The number of rotatable bonds is 5. The van der Waals surface area contributed by atoms with Crippen molar-refractivity contribution in [3.63, 3.8) is 0 Å². The number of carbonyl (C=O) groups excluding carboxylic acids is 1. The molecule has 2 unspecified atom stereocenters. The normalized spacial score (nSPS) is 18.3. The summed E-state index contributed by atoms with van der Waals surface area (Å²) in [6.45, 7) is 5.82. The summed E-state index contributed by atoms with van der Waals surface area (Å²) < 4.78 is 30.4.